The minimum Gasteiger partial charge on any atom is -0.507 e. The highest BCUT2D eigenvalue weighted by atomic mass is 16.3. The van der Waals surface area contributed by atoms with E-state index in [9.17, 15) is 40.2 Å². The zero-order valence-electron chi connectivity index (χ0n) is 28.0. The quantitative estimate of drug-likeness (QED) is 0.0626. The zero-order valence-corrected chi connectivity index (χ0v) is 28.0. The molecule has 7 N–H and O–H groups in total. The van der Waals surface area contributed by atoms with Gasteiger partial charge in [0.2, 0.25) is 0 Å². The van der Waals surface area contributed by atoms with Gasteiger partial charge in [-0.25, -0.2) is 0 Å². The summed E-state index contributed by atoms with van der Waals surface area (Å²) in [5, 5.41) is 69.8. The predicted octanol–water partition coefficient (Wildman–Crippen LogP) is 8.31. The van der Waals surface area contributed by atoms with Crippen molar-refractivity contribution in [2.45, 2.75) is 47.0 Å². The molecule has 0 saturated carbocycles. The van der Waals surface area contributed by atoms with Crippen molar-refractivity contribution >= 4 is 38.9 Å². The van der Waals surface area contributed by atoms with Gasteiger partial charge in [0.1, 0.15) is 11.5 Å². The van der Waals surface area contributed by atoms with E-state index in [0.717, 1.165) is 36.1 Å². The SMILES string of the molecule is CCc1ccc(CC(=O)c2c(O)c(O)cc3c(O)c(-c4c(C)cc5c(C(=O)Nc6ccc(CC)cc6)c(O)c(O)cc5c4O)c(C)cc23)cc1. The molecule has 0 aliphatic carbocycles. The first-order chi connectivity index (χ1) is 23.8. The van der Waals surface area contributed by atoms with Crippen LogP contribution in [0.2, 0.25) is 0 Å². The highest BCUT2D eigenvalue weighted by Crippen LogP contribution is 2.51. The number of phenolic OH excluding ortho intramolecular Hbond substituents is 6. The number of hydrogen-bond acceptors (Lipinski definition) is 8. The largest absolute Gasteiger partial charge is 0.507 e. The molecule has 0 saturated heterocycles. The van der Waals surface area contributed by atoms with Gasteiger partial charge in [0.05, 0.1) is 11.1 Å². The highest BCUT2D eigenvalue weighted by Gasteiger charge is 2.28. The zero-order chi connectivity index (χ0) is 36.0. The van der Waals surface area contributed by atoms with Crippen LogP contribution in [0.5, 0.6) is 34.5 Å². The number of fused-ring (bicyclic) bond motifs is 2. The number of anilines is 1. The van der Waals surface area contributed by atoms with Gasteiger partial charge in [0, 0.05) is 44.8 Å². The van der Waals surface area contributed by atoms with Crippen molar-refractivity contribution in [2.24, 2.45) is 0 Å². The first-order valence-electron chi connectivity index (χ1n) is 16.3. The number of hydrogen-bond donors (Lipinski definition) is 7. The number of carbonyl (C=O) groups excluding carboxylic acids is 2. The monoisotopic (exact) mass is 671 g/mol. The number of rotatable bonds is 8. The molecule has 0 radical (unpaired) electrons. The minimum absolute atomic E-state index is 0.0322. The molecule has 50 heavy (non-hydrogen) atoms. The number of carbonyl (C=O) groups is 2. The fourth-order valence-corrected chi connectivity index (χ4v) is 6.59. The van der Waals surface area contributed by atoms with Crippen LogP contribution >= 0.6 is 0 Å². The van der Waals surface area contributed by atoms with E-state index in [-0.39, 0.29) is 61.7 Å². The van der Waals surface area contributed by atoms with Gasteiger partial charge in [-0.15, -0.1) is 0 Å². The molecule has 0 aliphatic heterocycles. The molecule has 0 spiro atoms. The molecular formula is C41H37NO8. The Morgan fingerprint density at radius 2 is 0.960 bits per heavy atom. The number of aromatic hydroxyl groups is 6. The molecule has 6 rings (SSSR count). The highest BCUT2D eigenvalue weighted by molar-refractivity contribution is 6.19. The molecule has 1 amide bonds. The summed E-state index contributed by atoms with van der Waals surface area (Å²) in [6, 6.07) is 20.1. The standard InChI is InChI=1S/C41H37NO8/c1-5-22-7-9-24(10-8-22)17-30(43)35-26-15-20(3)33(37(46)28(26)18-31(44)39(35)48)34-21(4)16-27-29(38(34)47)19-32(45)40(49)36(27)41(50)42-25-13-11-23(6-2)12-14-25/h7-16,18-19,44-49H,5-6,17H2,1-4H3,(H,42,50). The van der Waals surface area contributed by atoms with Crippen LogP contribution in [-0.4, -0.2) is 42.3 Å². The van der Waals surface area contributed by atoms with Gasteiger partial charge in [-0.2, -0.15) is 0 Å². The second kappa shape index (κ2) is 13.0. The summed E-state index contributed by atoms with van der Waals surface area (Å²) in [6.45, 7) is 7.35. The second-order valence-corrected chi connectivity index (χ2v) is 12.5. The lowest BCUT2D eigenvalue weighted by molar-refractivity contribution is 0.0989. The third kappa shape index (κ3) is 5.77. The maximum atomic E-state index is 13.6. The van der Waals surface area contributed by atoms with Gasteiger partial charge in [0.25, 0.3) is 5.91 Å². The number of amides is 1. The Bertz CT molecular complexity index is 2180. The van der Waals surface area contributed by atoms with Gasteiger partial charge < -0.3 is 36.0 Å². The van der Waals surface area contributed by atoms with Crippen LogP contribution in [0.4, 0.5) is 5.69 Å². The summed E-state index contributed by atoms with van der Waals surface area (Å²) < 4.78 is 0. The normalized spacial score (nSPS) is 11.3. The Balaban J connectivity index is 1.49. The van der Waals surface area contributed by atoms with E-state index in [4.69, 9.17) is 0 Å². The number of benzene rings is 6. The fourth-order valence-electron chi connectivity index (χ4n) is 6.59. The van der Waals surface area contributed by atoms with Crippen molar-refractivity contribution in [2.75, 3.05) is 5.32 Å². The first kappa shape index (κ1) is 33.7. The van der Waals surface area contributed by atoms with E-state index in [2.05, 4.69) is 5.32 Å². The number of aryl methyl sites for hydroxylation is 4. The molecule has 0 fully saturated rings. The van der Waals surface area contributed by atoms with E-state index in [1.54, 1.807) is 38.1 Å². The van der Waals surface area contributed by atoms with Gasteiger partial charge in [-0.3, -0.25) is 9.59 Å². The Morgan fingerprint density at radius 3 is 1.44 bits per heavy atom. The fraction of sp³-hybridized carbons (Fsp3) is 0.171. The van der Waals surface area contributed by atoms with Crippen molar-refractivity contribution in [1.82, 2.24) is 0 Å². The molecule has 254 valence electrons. The van der Waals surface area contributed by atoms with Crippen molar-refractivity contribution < 1.29 is 40.2 Å². The first-order valence-corrected chi connectivity index (χ1v) is 16.3. The van der Waals surface area contributed by atoms with Gasteiger partial charge >= 0.3 is 0 Å². The molecule has 6 aromatic rings. The van der Waals surface area contributed by atoms with Crippen molar-refractivity contribution in [1.29, 1.82) is 0 Å². The maximum Gasteiger partial charge on any atom is 0.260 e. The van der Waals surface area contributed by atoms with E-state index in [1.165, 1.54) is 0 Å². The molecular weight excluding hydrogens is 634 g/mol. The van der Waals surface area contributed by atoms with Crippen molar-refractivity contribution in [3.63, 3.8) is 0 Å². The van der Waals surface area contributed by atoms with Crippen LogP contribution in [0.15, 0.2) is 72.8 Å². The Hall–Kier alpha value is -6.22. The molecule has 6 aromatic carbocycles. The van der Waals surface area contributed by atoms with E-state index in [1.807, 2.05) is 50.2 Å². The lowest BCUT2D eigenvalue weighted by Crippen LogP contribution is -2.13. The van der Waals surface area contributed by atoms with Crippen LogP contribution < -0.4 is 5.32 Å². The van der Waals surface area contributed by atoms with Crippen LogP contribution in [0.25, 0.3) is 32.7 Å². The third-order valence-corrected chi connectivity index (χ3v) is 9.31. The maximum absolute atomic E-state index is 13.6. The van der Waals surface area contributed by atoms with Gasteiger partial charge in [0.15, 0.2) is 28.8 Å². The summed E-state index contributed by atoms with van der Waals surface area (Å²) in [5.41, 5.74) is 4.14. The van der Waals surface area contributed by atoms with E-state index < -0.39 is 34.7 Å². The average molecular weight is 672 g/mol. The minimum atomic E-state index is -0.710. The van der Waals surface area contributed by atoms with Crippen LogP contribution in [0, 0.1) is 13.8 Å². The topological polar surface area (TPSA) is 168 Å². The number of ketones is 1. The second-order valence-electron chi connectivity index (χ2n) is 12.5. The molecule has 9 heteroatoms. The van der Waals surface area contributed by atoms with Crippen LogP contribution in [0.1, 0.15) is 62.4 Å². The van der Waals surface area contributed by atoms with Crippen LogP contribution in [-0.2, 0) is 19.3 Å². The predicted molar refractivity (Wildman–Crippen MR) is 194 cm³/mol. The average Bonchev–Trinajstić information content (AvgIpc) is 3.09. The van der Waals surface area contributed by atoms with Crippen LogP contribution in [0.3, 0.4) is 0 Å². The molecule has 0 aromatic heterocycles. The third-order valence-electron chi connectivity index (χ3n) is 9.31. The summed E-state index contributed by atoms with van der Waals surface area (Å²) in [4.78, 5) is 27.1. The summed E-state index contributed by atoms with van der Waals surface area (Å²) in [6.07, 6.45) is 1.60. The van der Waals surface area contributed by atoms with E-state index in [0.29, 0.717) is 22.4 Å². The smallest absolute Gasteiger partial charge is 0.260 e. The Morgan fingerprint density at radius 1 is 0.540 bits per heavy atom. The lowest BCUT2D eigenvalue weighted by atomic mass is 9.86. The number of Topliss-reactive ketones (excluding diaryl/α,β-unsaturated/α-hetero) is 1. The van der Waals surface area contributed by atoms with Crippen molar-refractivity contribution in [3.05, 3.63) is 112 Å². The van der Waals surface area contributed by atoms with Gasteiger partial charge in [-0.1, -0.05) is 50.2 Å². The molecule has 9 nitrogen and oxygen atoms in total. The molecule has 0 aliphatic rings. The molecule has 0 atom stereocenters. The summed E-state index contributed by atoms with van der Waals surface area (Å²) >= 11 is 0. The van der Waals surface area contributed by atoms with Gasteiger partial charge in [-0.05, 0) is 90.9 Å². The lowest BCUT2D eigenvalue weighted by Gasteiger charge is -2.20. The molecule has 0 bridgehead atoms. The van der Waals surface area contributed by atoms with E-state index >= 15 is 0 Å². The Kier molecular flexibility index (Phi) is 8.76. The summed E-state index contributed by atoms with van der Waals surface area (Å²) in [7, 11) is 0. The summed E-state index contributed by atoms with van der Waals surface area (Å²) in [5.74, 6) is -4.44. The molecule has 0 heterocycles. The Labute approximate surface area is 288 Å². The van der Waals surface area contributed by atoms with Crippen molar-refractivity contribution in [3.8, 4) is 45.6 Å². The number of nitrogens with one attached hydrogen (secondary N) is 1. The number of phenols is 6. The molecule has 0 unspecified atom stereocenters.